The first-order valence-corrected chi connectivity index (χ1v) is 10.8. The SMILES string of the molecule is O=S1(=O)C[C@@H]2N=C(SCc3ccccc3F)N(c3ccccc3)[C@@H]2C1. The van der Waals surface area contributed by atoms with Gasteiger partial charge in [-0.3, -0.25) is 4.99 Å². The highest BCUT2D eigenvalue weighted by Crippen LogP contribution is 2.35. The number of hydrogen-bond donors (Lipinski definition) is 0. The summed E-state index contributed by atoms with van der Waals surface area (Å²) in [5.41, 5.74) is 1.54. The summed E-state index contributed by atoms with van der Waals surface area (Å²) in [5, 5.41) is 0.763. The molecule has 0 aromatic heterocycles. The molecule has 0 amide bonds. The molecule has 2 atom stereocenters. The monoisotopic (exact) mass is 376 g/mol. The lowest BCUT2D eigenvalue weighted by molar-refractivity contribution is 0.601. The van der Waals surface area contributed by atoms with Gasteiger partial charge in [-0.2, -0.15) is 0 Å². The number of aliphatic imine (C=N–C) groups is 1. The molecule has 2 heterocycles. The van der Waals surface area contributed by atoms with Gasteiger partial charge in [0.2, 0.25) is 0 Å². The molecule has 130 valence electrons. The Morgan fingerprint density at radius 1 is 1.08 bits per heavy atom. The molecule has 0 saturated carbocycles. The third-order valence-electron chi connectivity index (χ3n) is 4.46. The zero-order valence-electron chi connectivity index (χ0n) is 13.4. The number of halogens is 1. The van der Waals surface area contributed by atoms with E-state index < -0.39 is 9.84 Å². The zero-order chi connectivity index (χ0) is 17.4. The molecule has 0 N–H and O–H groups in total. The van der Waals surface area contributed by atoms with Gasteiger partial charge in [0.15, 0.2) is 15.0 Å². The van der Waals surface area contributed by atoms with Crippen LogP contribution in [0, 0.1) is 5.82 Å². The maximum atomic E-state index is 13.9. The highest BCUT2D eigenvalue weighted by atomic mass is 32.2. The molecule has 0 spiro atoms. The molecule has 7 heteroatoms. The van der Waals surface area contributed by atoms with Crippen molar-refractivity contribution in [1.82, 2.24) is 0 Å². The minimum Gasteiger partial charge on any atom is -0.315 e. The highest BCUT2D eigenvalue weighted by Gasteiger charge is 2.47. The quantitative estimate of drug-likeness (QED) is 0.826. The van der Waals surface area contributed by atoms with Gasteiger partial charge in [-0.1, -0.05) is 48.2 Å². The predicted octanol–water partition coefficient (Wildman–Crippen LogP) is 3.10. The minimum absolute atomic E-state index is 0.0881. The lowest BCUT2D eigenvalue weighted by atomic mass is 10.1. The third-order valence-corrected chi connectivity index (χ3v) is 7.17. The Balaban J connectivity index is 1.62. The Labute approximate surface area is 150 Å². The van der Waals surface area contributed by atoms with Gasteiger partial charge >= 0.3 is 0 Å². The molecular weight excluding hydrogens is 359 g/mol. The van der Waals surface area contributed by atoms with Crippen molar-refractivity contribution < 1.29 is 12.8 Å². The number of amidine groups is 1. The minimum atomic E-state index is -3.06. The van der Waals surface area contributed by atoms with Gasteiger partial charge in [0.1, 0.15) is 5.82 Å². The summed E-state index contributed by atoms with van der Waals surface area (Å²) in [6.07, 6.45) is 0. The smallest absolute Gasteiger partial charge is 0.164 e. The molecule has 0 unspecified atom stereocenters. The maximum Gasteiger partial charge on any atom is 0.164 e. The molecule has 25 heavy (non-hydrogen) atoms. The third kappa shape index (κ3) is 3.30. The van der Waals surface area contributed by atoms with Crippen LogP contribution >= 0.6 is 11.8 Å². The highest BCUT2D eigenvalue weighted by molar-refractivity contribution is 8.13. The summed E-state index contributed by atoms with van der Waals surface area (Å²) in [6, 6.07) is 15.9. The summed E-state index contributed by atoms with van der Waals surface area (Å²) >= 11 is 1.45. The predicted molar refractivity (Wildman–Crippen MR) is 100 cm³/mol. The number of fused-ring (bicyclic) bond motifs is 1. The summed E-state index contributed by atoms with van der Waals surface area (Å²) in [4.78, 5) is 6.65. The molecule has 4 rings (SSSR count). The van der Waals surface area contributed by atoms with Crippen molar-refractivity contribution in [2.24, 2.45) is 4.99 Å². The molecule has 0 aliphatic carbocycles. The number of thioether (sulfide) groups is 1. The maximum absolute atomic E-state index is 13.9. The van der Waals surface area contributed by atoms with E-state index in [0.717, 1.165) is 10.9 Å². The summed E-state index contributed by atoms with van der Waals surface area (Å²) < 4.78 is 37.9. The molecule has 1 saturated heterocycles. The molecule has 0 bridgehead atoms. The fourth-order valence-corrected chi connectivity index (χ4v) is 6.23. The van der Waals surface area contributed by atoms with Crippen molar-refractivity contribution in [3.63, 3.8) is 0 Å². The van der Waals surface area contributed by atoms with E-state index in [4.69, 9.17) is 0 Å². The number of rotatable bonds is 3. The van der Waals surface area contributed by atoms with Crippen molar-refractivity contribution >= 4 is 32.5 Å². The van der Waals surface area contributed by atoms with Gasteiger partial charge in [0, 0.05) is 11.4 Å². The molecule has 2 aromatic carbocycles. The second-order valence-electron chi connectivity index (χ2n) is 6.21. The number of para-hydroxylation sites is 1. The van der Waals surface area contributed by atoms with Crippen molar-refractivity contribution in [3.8, 4) is 0 Å². The van der Waals surface area contributed by atoms with Crippen LogP contribution < -0.4 is 4.90 Å². The molecule has 2 aliphatic rings. The topological polar surface area (TPSA) is 49.7 Å². The Hall–Kier alpha value is -1.86. The molecule has 2 aromatic rings. The van der Waals surface area contributed by atoms with Gasteiger partial charge in [0.25, 0.3) is 0 Å². The van der Waals surface area contributed by atoms with E-state index in [2.05, 4.69) is 4.99 Å². The molecule has 0 radical (unpaired) electrons. The van der Waals surface area contributed by atoms with E-state index in [1.54, 1.807) is 12.1 Å². The van der Waals surface area contributed by atoms with Gasteiger partial charge in [0.05, 0.1) is 23.6 Å². The van der Waals surface area contributed by atoms with Gasteiger partial charge in [-0.15, -0.1) is 0 Å². The van der Waals surface area contributed by atoms with Crippen molar-refractivity contribution in [2.45, 2.75) is 17.8 Å². The van der Waals surface area contributed by atoms with Crippen LogP contribution in [0.15, 0.2) is 59.6 Å². The number of anilines is 1. The number of nitrogens with zero attached hydrogens (tertiary/aromatic N) is 2. The Bertz CT molecular complexity index is 916. The fourth-order valence-electron chi connectivity index (χ4n) is 3.28. The summed E-state index contributed by atoms with van der Waals surface area (Å²) in [6.45, 7) is 0. The van der Waals surface area contributed by atoms with Crippen molar-refractivity contribution in [1.29, 1.82) is 0 Å². The van der Waals surface area contributed by atoms with Crippen LogP contribution in [0.5, 0.6) is 0 Å². The van der Waals surface area contributed by atoms with Crippen LogP contribution in [0.3, 0.4) is 0 Å². The first-order chi connectivity index (χ1) is 12.0. The molecular formula is C18H17FN2O2S2. The molecule has 2 aliphatic heterocycles. The average molecular weight is 376 g/mol. The Morgan fingerprint density at radius 3 is 2.56 bits per heavy atom. The first kappa shape index (κ1) is 16.6. The molecule has 1 fully saturated rings. The van der Waals surface area contributed by atoms with Crippen LogP contribution in [-0.4, -0.2) is 37.2 Å². The van der Waals surface area contributed by atoms with Gasteiger partial charge < -0.3 is 4.90 Å². The van der Waals surface area contributed by atoms with Crippen LogP contribution in [-0.2, 0) is 15.6 Å². The summed E-state index contributed by atoms with van der Waals surface area (Å²) in [7, 11) is -3.06. The second kappa shape index (κ2) is 6.46. The van der Waals surface area contributed by atoms with Crippen LogP contribution in [0.25, 0.3) is 0 Å². The van der Waals surface area contributed by atoms with Crippen molar-refractivity contribution in [3.05, 3.63) is 66.0 Å². The van der Waals surface area contributed by atoms with E-state index in [0.29, 0.717) is 11.3 Å². The van der Waals surface area contributed by atoms with Gasteiger partial charge in [-0.25, -0.2) is 12.8 Å². The number of sulfone groups is 1. The summed E-state index contributed by atoms with van der Waals surface area (Å²) in [5.74, 6) is 0.425. The van der Waals surface area contributed by atoms with Crippen LogP contribution in [0.2, 0.25) is 0 Å². The second-order valence-corrected chi connectivity index (χ2v) is 9.31. The van der Waals surface area contributed by atoms with E-state index in [9.17, 15) is 12.8 Å². The zero-order valence-corrected chi connectivity index (χ0v) is 15.0. The molecule has 4 nitrogen and oxygen atoms in total. The van der Waals surface area contributed by atoms with E-state index in [1.165, 1.54) is 17.8 Å². The lowest BCUT2D eigenvalue weighted by Crippen LogP contribution is -2.39. The number of benzene rings is 2. The van der Waals surface area contributed by atoms with Crippen molar-refractivity contribution in [2.75, 3.05) is 16.4 Å². The van der Waals surface area contributed by atoms with E-state index in [1.807, 2.05) is 41.3 Å². The lowest BCUT2D eigenvalue weighted by Gasteiger charge is -2.26. The normalized spacial score (nSPS) is 24.2. The van der Waals surface area contributed by atoms with Crippen LogP contribution in [0.1, 0.15) is 5.56 Å². The standard InChI is InChI=1S/C18H17FN2O2S2/c19-15-9-5-4-6-13(15)10-24-18-20-16-11-25(22,23)12-17(16)21(18)14-7-2-1-3-8-14/h1-9,16-17H,10-12H2/t16-,17+/m0/s1. The first-order valence-electron chi connectivity index (χ1n) is 8.02. The largest absolute Gasteiger partial charge is 0.315 e. The van der Waals surface area contributed by atoms with E-state index in [-0.39, 0.29) is 29.4 Å². The van der Waals surface area contributed by atoms with E-state index >= 15 is 0 Å². The van der Waals surface area contributed by atoms with Gasteiger partial charge in [-0.05, 0) is 23.8 Å². The number of hydrogen-bond acceptors (Lipinski definition) is 5. The fraction of sp³-hybridized carbons (Fsp3) is 0.278. The van der Waals surface area contributed by atoms with Crippen LogP contribution in [0.4, 0.5) is 10.1 Å². The Morgan fingerprint density at radius 2 is 1.80 bits per heavy atom. The average Bonchev–Trinajstić information content (AvgIpc) is 3.06. The Kier molecular flexibility index (Phi) is 4.29.